The number of hydrogen-bond donors (Lipinski definition) is 2. The smallest absolute Gasteiger partial charge is 0.274 e. The summed E-state index contributed by atoms with van der Waals surface area (Å²) in [5.41, 5.74) is 4.36. The predicted molar refractivity (Wildman–Crippen MR) is 98.9 cm³/mol. The molecule has 0 saturated carbocycles. The summed E-state index contributed by atoms with van der Waals surface area (Å²) in [5, 5.41) is 9.67. The summed E-state index contributed by atoms with van der Waals surface area (Å²) in [6, 6.07) is 5.31. The lowest BCUT2D eigenvalue weighted by Crippen LogP contribution is -2.29. The zero-order valence-electron chi connectivity index (χ0n) is 15.5. The minimum atomic E-state index is -0.152. The van der Waals surface area contributed by atoms with Crippen LogP contribution >= 0.6 is 0 Å². The molecule has 2 N–H and O–H groups in total. The molecule has 0 atom stereocenters. The molecule has 0 radical (unpaired) electrons. The molecule has 0 fully saturated rings. The highest BCUT2D eigenvalue weighted by atomic mass is 16.2. The number of carbonyl (C=O) groups excluding carboxylic acids is 2. The van der Waals surface area contributed by atoms with E-state index in [1.165, 1.54) is 0 Å². The number of hydrogen-bond acceptors (Lipinski definition) is 4. The molecule has 3 heterocycles. The number of amides is 2. The van der Waals surface area contributed by atoms with E-state index in [2.05, 4.69) is 20.5 Å². The van der Waals surface area contributed by atoms with E-state index in [-0.39, 0.29) is 17.7 Å². The SMILES string of the molecule is CNC(=O)c1cc(C)nc(C2=CCN(C(=O)c3cc(C(C)C)[nH]n3)C2)c1. The molecular formula is C19H23N5O2. The average Bonchev–Trinajstić information content (AvgIpc) is 3.29. The topological polar surface area (TPSA) is 91.0 Å². The standard InChI is InChI=1S/C19H23N5O2/c1-11(2)15-9-17(23-22-15)19(26)24-6-5-13(10-24)16-8-14(18(25)20-4)7-12(3)21-16/h5,7-9,11H,6,10H2,1-4H3,(H,20,25)(H,22,23). The van der Waals surface area contributed by atoms with Gasteiger partial charge in [-0.1, -0.05) is 19.9 Å². The third kappa shape index (κ3) is 3.51. The van der Waals surface area contributed by atoms with Crippen LogP contribution in [0.15, 0.2) is 24.3 Å². The van der Waals surface area contributed by atoms with E-state index in [0.717, 1.165) is 22.7 Å². The second kappa shape index (κ2) is 7.11. The molecule has 136 valence electrons. The molecule has 0 saturated heterocycles. The minimum absolute atomic E-state index is 0.112. The fourth-order valence-electron chi connectivity index (χ4n) is 2.91. The van der Waals surface area contributed by atoms with Crippen molar-refractivity contribution in [2.45, 2.75) is 26.7 Å². The van der Waals surface area contributed by atoms with Gasteiger partial charge in [0.2, 0.25) is 0 Å². The van der Waals surface area contributed by atoms with Crippen molar-refractivity contribution in [2.24, 2.45) is 0 Å². The van der Waals surface area contributed by atoms with Crippen LogP contribution in [0.2, 0.25) is 0 Å². The predicted octanol–water partition coefficient (Wildman–Crippen LogP) is 2.14. The van der Waals surface area contributed by atoms with E-state index < -0.39 is 0 Å². The van der Waals surface area contributed by atoms with E-state index in [1.807, 2.05) is 26.8 Å². The van der Waals surface area contributed by atoms with Crippen molar-refractivity contribution >= 4 is 17.4 Å². The van der Waals surface area contributed by atoms with E-state index >= 15 is 0 Å². The maximum atomic E-state index is 12.7. The van der Waals surface area contributed by atoms with Crippen LogP contribution in [0.1, 0.15) is 57.7 Å². The van der Waals surface area contributed by atoms with Crippen molar-refractivity contribution < 1.29 is 9.59 Å². The van der Waals surface area contributed by atoms with Gasteiger partial charge in [0.1, 0.15) is 5.69 Å². The number of pyridine rings is 1. The van der Waals surface area contributed by atoms with Gasteiger partial charge in [-0.05, 0) is 36.6 Å². The Labute approximate surface area is 152 Å². The Bertz CT molecular complexity index is 882. The van der Waals surface area contributed by atoms with E-state index in [0.29, 0.717) is 24.3 Å². The lowest BCUT2D eigenvalue weighted by Gasteiger charge is -2.15. The minimum Gasteiger partial charge on any atom is -0.355 e. The third-order valence-corrected chi connectivity index (χ3v) is 4.42. The van der Waals surface area contributed by atoms with Gasteiger partial charge in [-0.2, -0.15) is 5.10 Å². The second-order valence-corrected chi connectivity index (χ2v) is 6.74. The molecule has 0 bridgehead atoms. The zero-order valence-corrected chi connectivity index (χ0v) is 15.5. The first-order valence-corrected chi connectivity index (χ1v) is 8.63. The Hall–Kier alpha value is -2.96. The van der Waals surface area contributed by atoms with Gasteiger partial charge < -0.3 is 10.2 Å². The quantitative estimate of drug-likeness (QED) is 0.881. The maximum absolute atomic E-state index is 12.7. The molecule has 0 aromatic carbocycles. The number of H-pyrrole nitrogens is 1. The Morgan fingerprint density at radius 1 is 1.27 bits per heavy atom. The summed E-state index contributed by atoms with van der Waals surface area (Å²) in [6.45, 7) is 6.90. The number of nitrogens with zero attached hydrogens (tertiary/aromatic N) is 3. The van der Waals surface area contributed by atoms with Crippen LogP contribution in [0.25, 0.3) is 5.57 Å². The van der Waals surface area contributed by atoms with Crippen LogP contribution in [-0.4, -0.2) is 52.0 Å². The van der Waals surface area contributed by atoms with E-state index in [9.17, 15) is 9.59 Å². The van der Waals surface area contributed by atoms with Crippen LogP contribution in [-0.2, 0) is 0 Å². The fraction of sp³-hybridized carbons (Fsp3) is 0.368. The number of aromatic nitrogens is 3. The number of rotatable bonds is 4. The van der Waals surface area contributed by atoms with E-state index in [4.69, 9.17) is 0 Å². The molecule has 3 rings (SSSR count). The third-order valence-electron chi connectivity index (χ3n) is 4.42. The van der Waals surface area contributed by atoms with Gasteiger partial charge in [0.15, 0.2) is 0 Å². The Morgan fingerprint density at radius 3 is 2.69 bits per heavy atom. The first-order valence-electron chi connectivity index (χ1n) is 8.63. The van der Waals surface area contributed by atoms with E-state index in [1.54, 1.807) is 30.1 Å². The van der Waals surface area contributed by atoms with Gasteiger partial charge in [-0.25, -0.2) is 0 Å². The highest BCUT2D eigenvalue weighted by Gasteiger charge is 2.25. The van der Waals surface area contributed by atoms with Crippen LogP contribution in [0.3, 0.4) is 0 Å². The second-order valence-electron chi connectivity index (χ2n) is 6.74. The monoisotopic (exact) mass is 353 g/mol. The summed E-state index contributed by atoms with van der Waals surface area (Å²) >= 11 is 0. The highest BCUT2D eigenvalue weighted by Crippen LogP contribution is 2.23. The summed E-state index contributed by atoms with van der Waals surface area (Å²) in [4.78, 5) is 30.8. The summed E-state index contributed by atoms with van der Waals surface area (Å²) in [7, 11) is 1.60. The van der Waals surface area contributed by atoms with Gasteiger partial charge in [0.05, 0.1) is 5.69 Å². The molecule has 0 spiro atoms. The molecular weight excluding hydrogens is 330 g/mol. The first-order chi connectivity index (χ1) is 12.4. The Balaban J connectivity index is 1.76. The lowest BCUT2D eigenvalue weighted by atomic mass is 10.1. The molecule has 0 unspecified atom stereocenters. The summed E-state index contributed by atoms with van der Waals surface area (Å²) in [5.74, 6) is 0.0236. The van der Waals surface area contributed by atoms with Crippen molar-refractivity contribution in [1.29, 1.82) is 0 Å². The van der Waals surface area contributed by atoms with Crippen molar-refractivity contribution in [1.82, 2.24) is 25.4 Å². The number of carbonyl (C=O) groups is 2. The Morgan fingerprint density at radius 2 is 2.04 bits per heavy atom. The number of nitrogens with one attached hydrogen (secondary N) is 2. The van der Waals surface area contributed by atoms with Crippen molar-refractivity contribution in [3.63, 3.8) is 0 Å². The van der Waals surface area contributed by atoms with Gasteiger partial charge in [0.25, 0.3) is 11.8 Å². The normalized spacial score (nSPS) is 13.9. The van der Waals surface area contributed by atoms with Crippen LogP contribution in [0.4, 0.5) is 0 Å². The molecule has 0 aliphatic carbocycles. The first kappa shape index (κ1) is 17.8. The molecule has 2 aromatic rings. The van der Waals surface area contributed by atoms with Gasteiger partial charge in [0, 0.05) is 37.1 Å². The van der Waals surface area contributed by atoms with Crippen molar-refractivity contribution in [3.05, 3.63) is 52.6 Å². The number of aromatic amines is 1. The fourth-order valence-corrected chi connectivity index (χ4v) is 2.91. The number of aryl methyl sites for hydroxylation is 1. The Kier molecular flexibility index (Phi) is 4.88. The molecule has 1 aliphatic heterocycles. The van der Waals surface area contributed by atoms with Crippen LogP contribution in [0, 0.1) is 6.92 Å². The van der Waals surface area contributed by atoms with Crippen LogP contribution < -0.4 is 5.32 Å². The molecule has 2 amide bonds. The van der Waals surface area contributed by atoms with Crippen LogP contribution in [0.5, 0.6) is 0 Å². The summed E-state index contributed by atoms with van der Waals surface area (Å²) in [6.07, 6.45) is 1.98. The van der Waals surface area contributed by atoms with Crippen molar-refractivity contribution in [3.8, 4) is 0 Å². The molecule has 7 heteroatoms. The lowest BCUT2D eigenvalue weighted by molar-refractivity contribution is 0.0795. The molecule has 1 aliphatic rings. The molecule has 2 aromatic heterocycles. The largest absolute Gasteiger partial charge is 0.355 e. The molecule has 26 heavy (non-hydrogen) atoms. The van der Waals surface area contributed by atoms with Gasteiger partial charge in [-0.3, -0.25) is 19.7 Å². The zero-order chi connectivity index (χ0) is 18.8. The van der Waals surface area contributed by atoms with Gasteiger partial charge >= 0.3 is 0 Å². The maximum Gasteiger partial charge on any atom is 0.274 e. The molecule has 7 nitrogen and oxygen atoms in total. The summed E-state index contributed by atoms with van der Waals surface area (Å²) < 4.78 is 0. The highest BCUT2D eigenvalue weighted by molar-refractivity contribution is 5.96. The van der Waals surface area contributed by atoms with Crippen molar-refractivity contribution in [2.75, 3.05) is 20.1 Å². The van der Waals surface area contributed by atoms with Gasteiger partial charge in [-0.15, -0.1) is 0 Å². The average molecular weight is 353 g/mol.